The number of cyclic esters (lactones) is 1. The van der Waals surface area contributed by atoms with E-state index in [1.54, 1.807) is 4.90 Å². The number of fused-ring (bicyclic) bond motifs is 2. The molecule has 6 rings (SSSR count). The molecule has 0 aliphatic carbocycles. The summed E-state index contributed by atoms with van der Waals surface area (Å²) in [4.78, 5) is 25.3. The average molecular weight is 614 g/mol. The normalized spacial score (nSPS) is 23.4. The summed E-state index contributed by atoms with van der Waals surface area (Å²) in [5, 5.41) is 0. The zero-order valence-corrected chi connectivity index (χ0v) is 25.3. The van der Waals surface area contributed by atoms with E-state index in [1.807, 2.05) is 6.92 Å². The highest BCUT2D eigenvalue weighted by molar-refractivity contribution is 5.76. The summed E-state index contributed by atoms with van der Waals surface area (Å²) < 4.78 is 58.7. The maximum absolute atomic E-state index is 14.1. The monoisotopic (exact) mass is 613 g/mol. The van der Waals surface area contributed by atoms with Crippen molar-refractivity contribution in [1.29, 1.82) is 0 Å². The topological polar surface area (TPSA) is 103 Å². The molecule has 2 N–H and O–H groups in total. The molecular formula is C32H38F3N5O4. The Kier molecular flexibility index (Phi) is 9.37. The molecule has 0 radical (unpaired) electrons. The van der Waals surface area contributed by atoms with E-state index >= 15 is 0 Å². The number of methoxy groups -OCH3 is 1. The van der Waals surface area contributed by atoms with E-state index in [0.717, 1.165) is 6.04 Å². The molecule has 3 atom stereocenters. The lowest BCUT2D eigenvalue weighted by Crippen LogP contribution is -2.34. The van der Waals surface area contributed by atoms with Gasteiger partial charge in [-0.25, -0.2) is 0 Å². The third kappa shape index (κ3) is 6.94. The molecule has 5 heterocycles. The second kappa shape index (κ2) is 13.0. The van der Waals surface area contributed by atoms with Crippen LogP contribution >= 0.6 is 0 Å². The fourth-order valence-corrected chi connectivity index (χ4v) is 6.39. The van der Waals surface area contributed by atoms with Crippen LogP contribution in [-0.2, 0) is 33.5 Å². The summed E-state index contributed by atoms with van der Waals surface area (Å²) in [6.45, 7) is 10.6. The molecule has 44 heavy (non-hydrogen) atoms. The van der Waals surface area contributed by atoms with Gasteiger partial charge in [0.05, 0.1) is 37.7 Å². The highest BCUT2D eigenvalue weighted by Gasteiger charge is 2.40. The molecule has 9 nitrogen and oxygen atoms in total. The molecule has 12 heteroatoms. The molecule has 4 aliphatic heterocycles. The maximum atomic E-state index is 14.1. The quantitative estimate of drug-likeness (QED) is 0.229. The van der Waals surface area contributed by atoms with E-state index in [1.165, 1.54) is 64.1 Å². The number of anilines is 2. The molecule has 236 valence electrons. The van der Waals surface area contributed by atoms with Crippen molar-refractivity contribution in [2.45, 2.75) is 64.5 Å². The molecule has 0 bridgehead atoms. The van der Waals surface area contributed by atoms with Crippen molar-refractivity contribution in [3.8, 4) is 17.9 Å². The number of rotatable bonds is 3. The molecule has 2 aromatic rings. The number of nitrogens with zero attached hydrogens (tertiary/aromatic N) is 4. The van der Waals surface area contributed by atoms with E-state index in [4.69, 9.17) is 19.9 Å². The van der Waals surface area contributed by atoms with Crippen LogP contribution in [-0.4, -0.2) is 66.8 Å². The van der Waals surface area contributed by atoms with E-state index in [2.05, 4.69) is 33.3 Å². The first-order chi connectivity index (χ1) is 21.0. The number of benzene rings is 1. The Balaban J connectivity index is 0.000000361. The third-order valence-corrected chi connectivity index (χ3v) is 8.25. The van der Waals surface area contributed by atoms with Gasteiger partial charge in [0.25, 0.3) is 0 Å². The van der Waals surface area contributed by atoms with Gasteiger partial charge in [-0.3, -0.25) is 9.69 Å². The molecule has 1 aromatic heterocycles. The molecule has 3 unspecified atom stereocenters. The minimum Gasteiger partial charge on any atom is -0.467 e. The number of carbonyl (C=O) groups is 1. The molecule has 1 aromatic carbocycles. The van der Waals surface area contributed by atoms with Gasteiger partial charge >= 0.3 is 18.2 Å². The lowest BCUT2D eigenvalue weighted by atomic mass is 9.91. The van der Waals surface area contributed by atoms with Crippen molar-refractivity contribution in [1.82, 2.24) is 14.9 Å². The Morgan fingerprint density at radius 3 is 2.70 bits per heavy atom. The predicted molar refractivity (Wildman–Crippen MR) is 159 cm³/mol. The number of aromatic nitrogens is 2. The van der Waals surface area contributed by atoms with E-state index in [0.29, 0.717) is 23.6 Å². The Labute approximate surface area is 255 Å². The number of ether oxygens (including phenoxy) is 3. The SMILES string of the molecule is C=C1CC2CCCN2C1.CC#Cc1cc(N)cc(C2Cc3nc(OC)nc(N4CC(=O)OCC(C)C4)c3CO2)c1C(F)(F)F. The number of nitrogen functional groups attached to an aromatic ring is 1. The van der Waals surface area contributed by atoms with Crippen LogP contribution in [0.4, 0.5) is 24.7 Å². The van der Waals surface area contributed by atoms with Gasteiger partial charge in [0.15, 0.2) is 0 Å². The van der Waals surface area contributed by atoms with Crippen molar-refractivity contribution in [2.24, 2.45) is 5.92 Å². The van der Waals surface area contributed by atoms with E-state index in [-0.39, 0.29) is 54.9 Å². The zero-order chi connectivity index (χ0) is 31.6. The van der Waals surface area contributed by atoms with Gasteiger partial charge < -0.3 is 24.8 Å². The fourth-order valence-electron chi connectivity index (χ4n) is 6.39. The van der Waals surface area contributed by atoms with Gasteiger partial charge in [-0.2, -0.15) is 23.1 Å². The van der Waals surface area contributed by atoms with Crippen LogP contribution in [0.25, 0.3) is 0 Å². The molecule has 4 aliphatic rings. The zero-order valence-electron chi connectivity index (χ0n) is 25.3. The summed E-state index contributed by atoms with van der Waals surface area (Å²) >= 11 is 0. The number of hydrogen-bond donors (Lipinski definition) is 1. The highest BCUT2D eigenvalue weighted by atomic mass is 19.4. The van der Waals surface area contributed by atoms with Crippen molar-refractivity contribution in [2.75, 3.05) is 50.5 Å². The fraction of sp³-hybridized carbons (Fsp3) is 0.531. The van der Waals surface area contributed by atoms with Crippen molar-refractivity contribution in [3.05, 3.63) is 52.2 Å². The second-order valence-corrected chi connectivity index (χ2v) is 11.8. The molecule has 3 saturated heterocycles. The summed E-state index contributed by atoms with van der Waals surface area (Å²) in [5.41, 5.74) is 7.41. The largest absolute Gasteiger partial charge is 0.467 e. The van der Waals surface area contributed by atoms with Crippen molar-refractivity contribution < 1.29 is 32.2 Å². The lowest BCUT2D eigenvalue weighted by Gasteiger charge is -2.31. The first-order valence-corrected chi connectivity index (χ1v) is 14.8. The standard InChI is InChI=1S/C24H25F3N4O4.C8H13N/c1-4-5-14-6-15(28)7-16(21(14)24(25,26)27)19-8-18-17(12-34-19)22(30-23(29-18)33-3)31-9-13(2)11-35-20(32)10-31;1-7-5-8-3-2-4-9(8)6-7/h6-7,13,19H,8-12,28H2,1-3H3;8H,1-6H2. The minimum absolute atomic E-state index is 0.0210. The van der Waals surface area contributed by atoms with Gasteiger partial charge in [-0.05, 0) is 50.4 Å². The smallest absolute Gasteiger partial charge is 0.417 e. The first kappa shape index (κ1) is 31.6. The van der Waals surface area contributed by atoms with Crippen LogP contribution < -0.4 is 15.4 Å². The molecular weight excluding hydrogens is 575 g/mol. The summed E-state index contributed by atoms with van der Waals surface area (Å²) in [6.07, 6.45) is -1.50. The Morgan fingerprint density at radius 1 is 1.20 bits per heavy atom. The first-order valence-electron chi connectivity index (χ1n) is 14.8. The third-order valence-electron chi connectivity index (χ3n) is 8.25. The van der Waals surface area contributed by atoms with Crippen molar-refractivity contribution in [3.63, 3.8) is 0 Å². The van der Waals surface area contributed by atoms with Crippen LogP contribution in [0.2, 0.25) is 0 Å². The van der Waals surface area contributed by atoms with E-state index < -0.39 is 23.8 Å². The van der Waals surface area contributed by atoms with Gasteiger partial charge in [-0.1, -0.05) is 25.0 Å². The summed E-state index contributed by atoms with van der Waals surface area (Å²) in [6, 6.07) is 3.41. The van der Waals surface area contributed by atoms with Gasteiger partial charge in [0, 0.05) is 48.3 Å². The van der Waals surface area contributed by atoms with Crippen molar-refractivity contribution >= 4 is 17.5 Å². The molecule has 3 fully saturated rings. The lowest BCUT2D eigenvalue weighted by molar-refractivity contribution is -0.142. The average Bonchev–Trinajstić information content (AvgIpc) is 3.50. The summed E-state index contributed by atoms with van der Waals surface area (Å²) in [5.74, 6) is 5.12. The Morgan fingerprint density at radius 2 is 2.00 bits per heavy atom. The highest BCUT2D eigenvalue weighted by Crippen LogP contribution is 2.43. The van der Waals surface area contributed by atoms with Gasteiger partial charge in [-0.15, -0.1) is 5.92 Å². The number of halogens is 3. The van der Waals surface area contributed by atoms with Gasteiger partial charge in [0.2, 0.25) is 0 Å². The minimum atomic E-state index is -4.66. The van der Waals surface area contributed by atoms with Crippen LogP contribution in [0.3, 0.4) is 0 Å². The number of alkyl halides is 3. The molecule has 0 amide bonds. The number of nitrogens with two attached hydrogens (primary N) is 1. The van der Waals surface area contributed by atoms with Crippen LogP contribution in [0.1, 0.15) is 67.2 Å². The van der Waals surface area contributed by atoms with Crippen LogP contribution in [0.15, 0.2) is 24.3 Å². The molecule has 0 spiro atoms. The molecule has 0 saturated carbocycles. The maximum Gasteiger partial charge on any atom is 0.417 e. The number of carbonyl (C=O) groups excluding carboxylic acids is 1. The van der Waals surface area contributed by atoms with Crippen LogP contribution in [0, 0.1) is 17.8 Å². The van der Waals surface area contributed by atoms with Gasteiger partial charge in [0.1, 0.15) is 12.4 Å². The predicted octanol–water partition coefficient (Wildman–Crippen LogP) is 4.68. The Bertz CT molecular complexity index is 1470. The number of hydrogen-bond acceptors (Lipinski definition) is 9. The van der Waals surface area contributed by atoms with Crippen LogP contribution in [0.5, 0.6) is 6.01 Å². The second-order valence-electron chi connectivity index (χ2n) is 11.8. The van der Waals surface area contributed by atoms with E-state index in [9.17, 15) is 18.0 Å². The summed E-state index contributed by atoms with van der Waals surface area (Å²) in [7, 11) is 1.40. The number of esters is 1. The Hall–Kier alpha value is -3.82.